The van der Waals surface area contributed by atoms with Crippen LogP contribution >= 0.6 is 24.0 Å². The van der Waals surface area contributed by atoms with Crippen molar-refractivity contribution >= 4 is 29.9 Å². The molecule has 2 fully saturated rings. The first kappa shape index (κ1) is 19.0. The van der Waals surface area contributed by atoms with E-state index in [1.54, 1.807) is 7.11 Å². The fourth-order valence-corrected chi connectivity index (χ4v) is 3.15. The fraction of sp³-hybridized carbons (Fsp3) is 0.933. The van der Waals surface area contributed by atoms with Gasteiger partial charge in [-0.2, -0.15) is 0 Å². The second-order valence-electron chi connectivity index (χ2n) is 6.09. The molecule has 0 aromatic carbocycles. The Morgan fingerprint density at radius 1 is 1.43 bits per heavy atom. The van der Waals surface area contributed by atoms with Gasteiger partial charge in [0.1, 0.15) is 0 Å². The van der Waals surface area contributed by atoms with Gasteiger partial charge in [-0.15, -0.1) is 24.0 Å². The van der Waals surface area contributed by atoms with E-state index in [4.69, 9.17) is 9.47 Å². The van der Waals surface area contributed by atoms with Crippen LogP contribution in [0.2, 0.25) is 0 Å². The molecule has 1 unspecified atom stereocenters. The molecule has 0 spiro atoms. The van der Waals surface area contributed by atoms with Gasteiger partial charge in [0, 0.05) is 59.8 Å². The first-order valence-electron chi connectivity index (χ1n) is 7.77. The highest BCUT2D eigenvalue weighted by Gasteiger charge is 2.33. The second kappa shape index (κ2) is 9.15. The summed E-state index contributed by atoms with van der Waals surface area (Å²) in [5.74, 6) is 1.77. The number of halogens is 1. The van der Waals surface area contributed by atoms with Crippen LogP contribution in [0.1, 0.15) is 32.6 Å². The lowest BCUT2D eigenvalue weighted by atomic mass is 9.94. The summed E-state index contributed by atoms with van der Waals surface area (Å²) in [6, 6.07) is 0. The molecule has 5 nitrogen and oxygen atoms in total. The van der Waals surface area contributed by atoms with Gasteiger partial charge < -0.3 is 19.7 Å². The summed E-state index contributed by atoms with van der Waals surface area (Å²) >= 11 is 0. The molecule has 6 heteroatoms. The largest absolute Gasteiger partial charge is 0.381 e. The van der Waals surface area contributed by atoms with E-state index in [2.05, 4.69) is 22.1 Å². The topological polar surface area (TPSA) is 46.1 Å². The van der Waals surface area contributed by atoms with Gasteiger partial charge in [0.05, 0.1) is 5.60 Å². The first-order valence-corrected chi connectivity index (χ1v) is 7.77. The van der Waals surface area contributed by atoms with Gasteiger partial charge in [0.2, 0.25) is 0 Å². The number of aliphatic imine (C=N–C) groups is 1. The number of likely N-dealkylation sites (tertiary alicyclic amines) is 1. The normalized spacial score (nSPS) is 26.1. The van der Waals surface area contributed by atoms with Crippen molar-refractivity contribution in [2.45, 2.75) is 38.2 Å². The summed E-state index contributed by atoms with van der Waals surface area (Å²) in [4.78, 5) is 6.81. The Balaban J connectivity index is 0.00000220. The van der Waals surface area contributed by atoms with Gasteiger partial charge in [-0.1, -0.05) is 6.92 Å². The average Bonchev–Trinajstić information content (AvgIpc) is 2.49. The number of guanidine groups is 1. The Labute approximate surface area is 145 Å². The third-order valence-corrected chi connectivity index (χ3v) is 4.57. The van der Waals surface area contributed by atoms with E-state index in [9.17, 15) is 0 Å². The van der Waals surface area contributed by atoms with E-state index in [-0.39, 0.29) is 29.6 Å². The summed E-state index contributed by atoms with van der Waals surface area (Å²) in [7, 11) is 3.67. The molecule has 21 heavy (non-hydrogen) atoms. The van der Waals surface area contributed by atoms with Crippen molar-refractivity contribution in [2.75, 3.05) is 47.0 Å². The lowest BCUT2D eigenvalue weighted by Gasteiger charge is -2.38. The summed E-state index contributed by atoms with van der Waals surface area (Å²) in [6.07, 6.45) is 4.48. The van der Waals surface area contributed by atoms with Gasteiger partial charge in [0.25, 0.3) is 0 Å². The van der Waals surface area contributed by atoms with E-state index in [1.807, 2.05) is 7.05 Å². The molecular formula is C15H30IN3O2. The number of nitrogens with zero attached hydrogens (tertiary/aromatic N) is 2. The number of hydrogen-bond acceptors (Lipinski definition) is 3. The zero-order valence-electron chi connectivity index (χ0n) is 13.6. The van der Waals surface area contributed by atoms with Crippen LogP contribution in [0.15, 0.2) is 4.99 Å². The molecule has 1 N–H and O–H groups in total. The zero-order chi connectivity index (χ0) is 14.4. The van der Waals surface area contributed by atoms with Crippen LogP contribution < -0.4 is 5.32 Å². The molecule has 2 aliphatic heterocycles. The molecule has 0 aromatic rings. The minimum absolute atomic E-state index is 0. The molecule has 2 aliphatic rings. The zero-order valence-corrected chi connectivity index (χ0v) is 15.9. The fourth-order valence-electron chi connectivity index (χ4n) is 3.15. The molecule has 0 bridgehead atoms. The van der Waals surface area contributed by atoms with Crippen LogP contribution in [0.3, 0.4) is 0 Å². The Morgan fingerprint density at radius 2 is 2.14 bits per heavy atom. The average molecular weight is 411 g/mol. The van der Waals surface area contributed by atoms with Crippen molar-refractivity contribution in [1.82, 2.24) is 10.2 Å². The van der Waals surface area contributed by atoms with Crippen LogP contribution in [0.5, 0.6) is 0 Å². The van der Waals surface area contributed by atoms with E-state index < -0.39 is 0 Å². The summed E-state index contributed by atoms with van der Waals surface area (Å²) in [5, 5.41) is 3.52. The molecule has 1 atom stereocenters. The Morgan fingerprint density at radius 3 is 2.71 bits per heavy atom. The predicted molar refractivity (Wildman–Crippen MR) is 96.5 cm³/mol. The van der Waals surface area contributed by atoms with Crippen molar-refractivity contribution in [1.29, 1.82) is 0 Å². The Hall–Kier alpha value is -0.0800. The minimum Gasteiger partial charge on any atom is -0.381 e. The first-order chi connectivity index (χ1) is 9.69. The van der Waals surface area contributed by atoms with Gasteiger partial charge >= 0.3 is 0 Å². The maximum atomic E-state index is 5.77. The van der Waals surface area contributed by atoms with E-state index >= 15 is 0 Å². The van der Waals surface area contributed by atoms with Crippen LogP contribution in [0.4, 0.5) is 0 Å². The number of ether oxygens (including phenoxy) is 2. The Bertz CT molecular complexity index is 333. The summed E-state index contributed by atoms with van der Waals surface area (Å²) in [6.45, 7) is 6.90. The number of hydrogen-bond donors (Lipinski definition) is 1. The highest BCUT2D eigenvalue weighted by atomic mass is 127. The maximum Gasteiger partial charge on any atom is 0.193 e. The number of piperidine rings is 1. The van der Waals surface area contributed by atoms with Crippen LogP contribution in [0.25, 0.3) is 0 Å². The van der Waals surface area contributed by atoms with Crippen LogP contribution in [-0.4, -0.2) is 63.5 Å². The van der Waals surface area contributed by atoms with Gasteiger partial charge in [-0.25, -0.2) is 0 Å². The summed E-state index contributed by atoms with van der Waals surface area (Å²) < 4.78 is 11.2. The Kier molecular flexibility index (Phi) is 8.26. The molecule has 124 valence electrons. The van der Waals surface area contributed by atoms with E-state index in [1.165, 1.54) is 12.8 Å². The summed E-state index contributed by atoms with van der Waals surface area (Å²) in [5.41, 5.74) is -0.102. The second-order valence-corrected chi connectivity index (χ2v) is 6.09. The quantitative estimate of drug-likeness (QED) is 0.439. The number of methoxy groups -OCH3 is 1. The molecular weight excluding hydrogens is 381 g/mol. The third kappa shape index (κ3) is 5.25. The molecule has 2 rings (SSSR count). The number of rotatable bonds is 3. The highest BCUT2D eigenvalue weighted by molar-refractivity contribution is 14.0. The molecule has 0 radical (unpaired) electrons. The monoisotopic (exact) mass is 411 g/mol. The van der Waals surface area contributed by atoms with Gasteiger partial charge in [-0.3, -0.25) is 4.99 Å². The molecule has 0 aromatic heterocycles. The predicted octanol–water partition coefficient (Wildman–Crippen LogP) is 2.11. The molecule has 0 amide bonds. The van der Waals surface area contributed by atoms with Gasteiger partial charge in [0.15, 0.2) is 5.96 Å². The van der Waals surface area contributed by atoms with Crippen molar-refractivity contribution in [3.63, 3.8) is 0 Å². The van der Waals surface area contributed by atoms with Gasteiger partial charge in [-0.05, 0) is 18.8 Å². The lowest BCUT2D eigenvalue weighted by Crippen LogP contribution is -2.53. The third-order valence-electron chi connectivity index (χ3n) is 4.57. The smallest absolute Gasteiger partial charge is 0.193 e. The minimum atomic E-state index is -0.102. The SMILES string of the molecule is CN=C(NCC1(OC)CCOCC1)N1CCCC(C)C1.I. The maximum absolute atomic E-state index is 5.77. The molecule has 0 saturated carbocycles. The van der Waals surface area contributed by atoms with E-state index in [0.717, 1.165) is 57.6 Å². The molecule has 2 heterocycles. The standard InChI is InChI=1S/C15H29N3O2.HI/c1-13-5-4-8-18(11-13)14(16-2)17-12-15(19-3)6-9-20-10-7-15;/h13H,4-12H2,1-3H3,(H,16,17);1H. The van der Waals surface area contributed by atoms with Crippen LogP contribution in [-0.2, 0) is 9.47 Å². The van der Waals surface area contributed by atoms with Crippen molar-refractivity contribution < 1.29 is 9.47 Å². The van der Waals surface area contributed by atoms with Crippen LogP contribution in [0, 0.1) is 5.92 Å². The molecule has 2 saturated heterocycles. The lowest BCUT2D eigenvalue weighted by molar-refractivity contribution is -0.0858. The van der Waals surface area contributed by atoms with Crippen molar-refractivity contribution in [3.05, 3.63) is 0 Å². The highest BCUT2D eigenvalue weighted by Crippen LogP contribution is 2.24. The van der Waals surface area contributed by atoms with E-state index in [0.29, 0.717) is 0 Å². The number of nitrogens with one attached hydrogen (secondary N) is 1. The molecule has 0 aliphatic carbocycles. The van der Waals surface area contributed by atoms with Crippen molar-refractivity contribution in [3.8, 4) is 0 Å². The van der Waals surface area contributed by atoms with Crippen molar-refractivity contribution in [2.24, 2.45) is 10.9 Å².